The van der Waals surface area contributed by atoms with Gasteiger partial charge in [-0.15, -0.1) is 0 Å². The molecule has 2 fully saturated rings. The zero-order valence-corrected chi connectivity index (χ0v) is 9.78. The second-order valence-corrected chi connectivity index (χ2v) is 4.92. The van der Waals surface area contributed by atoms with E-state index in [2.05, 4.69) is 16.3 Å². The predicted molar refractivity (Wildman–Crippen MR) is 60.5 cm³/mol. The largest absolute Gasteiger partial charge is 0.352 e. The maximum atomic E-state index is 11.9. The molecule has 1 aliphatic carbocycles. The Kier molecular flexibility index (Phi) is 3.45. The molecule has 0 bridgehead atoms. The second-order valence-electron chi connectivity index (χ2n) is 4.92. The minimum atomic E-state index is -0.0863. The first-order valence-electron chi connectivity index (χ1n) is 6.14. The van der Waals surface area contributed by atoms with Gasteiger partial charge in [0.15, 0.2) is 0 Å². The van der Waals surface area contributed by atoms with E-state index in [1.165, 1.54) is 0 Å². The Morgan fingerprint density at radius 2 is 2.25 bits per heavy atom. The van der Waals surface area contributed by atoms with E-state index >= 15 is 0 Å². The first-order valence-corrected chi connectivity index (χ1v) is 6.14. The molecule has 88 valence electrons. The van der Waals surface area contributed by atoms with Crippen molar-refractivity contribution < 1.29 is 4.79 Å². The maximum absolute atomic E-state index is 11.9. The summed E-state index contributed by atoms with van der Waals surface area (Å²) < 4.78 is 0. The average Bonchev–Trinajstić information content (AvgIpc) is 3.12. The number of carbonyl (C=O) groups is 1. The molecule has 16 heavy (non-hydrogen) atoms. The molecular formula is C12H19N3O. The fourth-order valence-electron chi connectivity index (χ4n) is 2.18. The molecule has 2 atom stereocenters. The number of amides is 1. The van der Waals surface area contributed by atoms with Gasteiger partial charge in [0.05, 0.1) is 18.0 Å². The molecule has 0 aromatic heterocycles. The van der Waals surface area contributed by atoms with Crippen LogP contribution in [0.25, 0.3) is 0 Å². The number of rotatable bonds is 3. The summed E-state index contributed by atoms with van der Waals surface area (Å²) in [5.74, 6) is 0.228. The van der Waals surface area contributed by atoms with Crippen LogP contribution in [0.1, 0.15) is 32.6 Å². The Morgan fingerprint density at radius 1 is 1.50 bits per heavy atom. The summed E-state index contributed by atoms with van der Waals surface area (Å²) in [4.78, 5) is 14.0. The van der Waals surface area contributed by atoms with Crippen molar-refractivity contribution >= 4 is 5.91 Å². The molecule has 2 unspecified atom stereocenters. The number of likely N-dealkylation sites (tertiary alicyclic amines) is 1. The summed E-state index contributed by atoms with van der Waals surface area (Å²) in [5.41, 5.74) is 0. The number of nitriles is 1. The monoisotopic (exact) mass is 221 g/mol. The van der Waals surface area contributed by atoms with E-state index in [-0.39, 0.29) is 17.9 Å². The van der Waals surface area contributed by atoms with E-state index in [1.54, 1.807) is 0 Å². The lowest BCUT2D eigenvalue weighted by atomic mass is 9.98. The highest BCUT2D eigenvalue weighted by Crippen LogP contribution is 2.21. The van der Waals surface area contributed by atoms with Gasteiger partial charge in [-0.1, -0.05) is 0 Å². The second kappa shape index (κ2) is 4.84. The van der Waals surface area contributed by atoms with Crippen molar-refractivity contribution in [3.8, 4) is 6.07 Å². The first-order chi connectivity index (χ1) is 7.70. The molecule has 0 radical (unpaired) electrons. The standard InChI is InChI=1S/C12H19N3O/c1-9(12(16)14-11-4-5-11)15-6-2-3-10(7-13)8-15/h9-11H,2-6,8H2,1H3,(H,14,16). The Balaban J connectivity index is 1.85. The number of nitrogens with one attached hydrogen (secondary N) is 1. The van der Waals surface area contributed by atoms with E-state index in [0.717, 1.165) is 38.8 Å². The predicted octanol–water partition coefficient (Wildman–Crippen LogP) is 0.889. The third-order valence-corrected chi connectivity index (χ3v) is 3.49. The normalized spacial score (nSPS) is 28.1. The van der Waals surface area contributed by atoms with E-state index in [1.807, 2.05) is 6.92 Å². The van der Waals surface area contributed by atoms with E-state index in [4.69, 9.17) is 5.26 Å². The third kappa shape index (κ3) is 2.73. The van der Waals surface area contributed by atoms with Gasteiger partial charge in [-0.25, -0.2) is 0 Å². The average molecular weight is 221 g/mol. The molecule has 0 aromatic rings. The van der Waals surface area contributed by atoms with Gasteiger partial charge in [0.25, 0.3) is 0 Å². The van der Waals surface area contributed by atoms with Gasteiger partial charge in [0.2, 0.25) is 5.91 Å². The zero-order valence-electron chi connectivity index (χ0n) is 9.78. The van der Waals surface area contributed by atoms with Crippen LogP contribution in [0, 0.1) is 17.2 Å². The molecule has 0 spiro atoms. The van der Waals surface area contributed by atoms with Gasteiger partial charge in [-0.2, -0.15) is 5.26 Å². The van der Waals surface area contributed by atoms with Crippen LogP contribution >= 0.6 is 0 Å². The molecule has 2 aliphatic rings. The van der Waals surface area contributed by atoms with Crippen molar-refractivity contribution in [1.82, 2.24) is 10.2 Å². The third-order valence-electron chi connectivity index (χ3n) is 3.49. The van der Waals surface area contributed by atoms with Crippen LogP contribution in [0.2, 0.25) is 0 Å². The first kappa shape index (κ1) is 11.4. The Labute approximate surface area is 96.6 Å². The maximum Gasteiger partial charge on any atom is 0.237 e. The van der Waals surface area contributed by atoms with Crippen molar-refractivity contribution in [2.45, 2.75) is 44.7 Å². The number of hydrogen-bond donors (Lipinski definition) is 1. The molecule has 1 heterocycles. The van der Waals surface area contributed by atoms with E-state index < -0.39 is 0 Å². The van der Waals surface area contributed by atoms with Crippen LogP contribution in [0.3, 0.4) is 0 Å². The number of hydrogen-bond acceptors (Lipinski definition) is 3. The van der Waals surface area contributed by atoms with Crippen molar-refractivity contribution in [3.63, 3.8) is 0 Å². The molecule has 1 saturated carbocycles. The molecule has 2 rings (SSSR count). The fraction of sp³-hybridized carbons (Fsp3) is 0.833. The van der Waals surface area contributed by atoms with E-state index in [9.17, 15) is 4.79 Å². The van der Waals surface area contributed by atoms with Gasteiger partial charge in [0, 0.05) is 12.6 Å². The van der Waals surface area contributed by atoms with Gasteiger partial charge in [0.1, 0.15) is 0 Å². The molecule has 1 saturated heterocycles. The summed E-state index contributed by atoms with van der Waals surface area (Å²) >= 11 is 0. The zero-order chi connectivity index (χ0) is 11.5. The minimum Gasteiger partial charge on any atom is -0.352 e. The molecule has 1 aliphatic heterocycles. The highest BCUT2D eigenvalue weighted by Gasteiger charge is 2.30. The summed E-state index contributed by atoms with van der Waals surface area (Å²) in [6, 6.07) is 2.64. The minimum absolute atomic E-state index is 0.0863. The lowest BCUT2D eigenvalue weighted by molar-refractivity contribution is -0.126. The molecule has 0 aromatic carbocycles. The van der Waals surface area contributed by atoms with Crippen molar-refractivity contribution in [2.24, 2.45) is 5.92 Å². The highest BCUT2D eigenvalue weighted by atomic mass is 16.2. The van der Waals surface area contributed by atoms with Crippen LogP contribution in [0.5, 0.6) is 0 Å². The Hall–Kier alpha value is -1.08. The number of carbonyl (C=O) groups excluding carboxylic acids is 1. The highest BCUT2D eigenvalue weighted by molar-refractivity contribution is 5.81. The summed E-state index contributed by atoms with van der Waals surface area (Å²) in [5, 5.41) is 11.9. The molecular weight excluding hydrogens is 202 g/mol. The smallest absolute Gasteiger partial charge is 0.237 e. The molecule has 4 nitrogen and oxygen atoms in total. The van der Waals surface area contributed by atoms with Gasteiger partial charge in [-0.3, -0.25) is 9.69 Å². The Bertz CT molecular complexity index is 306. The van der Waals surface area contributed by atoms with Crippen LogP contribution in [0.15, 0.2) is 0 Å². The van der Waals surface area contributed by atoms with Crippen molar-refractivity contribution in [1.29, 1.82) is 5.26 Å². The van der Waals surface area contributed by atoms with Crippen LogP contribution in [-0.2, 0) is 4.79 Å². The summed E-state index contributed by atoms with van der Waals surface area (Å²) in [6.07, 6.45) is 4.25. The number of nitrogens with zero attached hydrogens (tertiary/aromatic N) is 2. The van der Waals surface area contributed by atoms with Crippen LogP contribution < -0.4 is 5.32 Å². The summed E-state index contributed by atoms with van der Waals surface area (Å²) in [6.45, 7) is 3.63. The Morgan fingerprint density at radius 3 is 2.88 bits per heavy atom. The lowest BCUT2D eigenvalue weighted by Gasteiger charge is -2.33. The van der Waals surface area contributed by atoms with Crippen LogP contribution in [0.4, 0.5) is 0 Å². The van der Waals surface area contributed by atoms with Gasteiger partial charge in [-0.05, 0) is 39.2 Å². The topological polar surface area (TPSA) is 56.1 Å². The number of piperidine rings is 1. The van der Waals surface area contributed by atoms with Gasteiger partial charge < -0.3 is 5.32 Å². The lowest BCUT2D eigenvalue weighted by Crippen LogP contribution is -2.49. The quantitative estimate of drug-likeness (QED) is 0.770. The van der Waals surface area contributed by atoms with Crippen molar-refractivity contribution in [3.05, 3.63) is 0 Å². The molecule has 4 heteroatoms. The fourth-order valence-corrected chi connectivity index (χ4v) is 2.18. The molecule has 1 N–H and O–H groups in total. The van der Waals surface area contributed by atoms with Crippen molar-refractivity contribution in [2.75, 3.05) is 13.1 Å². The SMILES string of the molecule is CC(C(=O)NC1CC1)N1CCCC(C#N)C1. The van der Waals surface area contributed by atoms with Crippen LogP contribution in [-0.4, -0.2) is 36.0 Å². The van der Waals surface area contributed by atoms with E-state index in [0.29, 0.717) is 6.04 Å². The van der Waals surface area contributed by atoms with Gasteiger partial charge >= 0.3 is 0 Å². The summed E-state index contributed by atoms with van der Waals surface area (Å²) in [7, 11) is 0. The molecule has 1 amide bonds.